The second-order valence-electron chi connectivity index (χ2n) is 6.66. The molecule has 0 saturated heterocycles. The highest BCUT2D eigenvalue weighted by Gasteiger charge is 2.16. The van der Waals surface area contributed by atoms with E-state index in [1.54, 1.807) is 4.52 Å². The van der Waals surface area contributed by atoms with Gasteiger partial charge in [0.1, 0.15) is 5.82 Å². The van der Waals surface area contributed by atoms with E-state index in [0.29, 0.717) is 48.1 Å². The molecule has 1 aliphatic rings. The van der Waals surface area contributed by atoms with Crippen LogP contribution in [0.15, 0.2) is 36.4 Å². The summed E-state index contributed by atoms with van der Waals surface area (Å²) in [6, 6.07) is 11.7. The summed E-state index contributed by atoms with van der Waals surface area (Å²) < 4.78 is 13.2. The standard InChI is InChI=1S/C20H18ClN5O2/c1-12-23-19-14-5-2-3-6-16(14)24-20(26(19)25-12)22-11-13-9-15(21)18-17(10-13)27-7-4-8-28-18/h2-3,5-6,9-10H,4,7-8,11H2,1H3,(H,22,24). The van der Waals surface area contributed by atoms with Crippen LogP contribution in [0.25, 0.3) is 16.6 Å². The molecule has 0 atom stereocenters. The molecule has 0 bridgehead atoms. The molecule has 142 valence electrons. The van der Waals surface area contributed by atoms with E-state index in [1.165, 1.54) is 0 Å². The fourth-order valence-electron chi connectivity index (χ4n) is 3.34. The minimum Gasteiger partial charge on any atom is -0.489 e. The molecule has 4 aromatic rings. The number of para-hydroxylation sites is 1. The molecule has 28 heavy (non-hydrogen) atoms. The van der Waals surface area contributed by atoms with Gasteiger partial charge in [-0.25, -0.2) is 9.97 Å². The highest BCUT2D eigenvalue weighted by Crippen LogP contribution is 2.38. The lowest BCUT2D eigenvalue weighted by atomic mass is 10.2. The SMILES string of the molecule is Cc1nc2c3ccccc3nc(NCc3cc(Cl)c4c(c3)OCCCO4)n2n1. The maximum absolute atomic E-state index is 6.40. The lowest BCUT2D eigenvalue weighted by Crippen LogP contribution is -2.08. The van der Waals surface area contributed by atoms with E-state index in [0.717, 1.165) is 28.5 Å². The van der Waals surface area contributed by atoms with Gasteiger partial charge in [-0.3, -0.25) is 0 Å². The highest BCUT2D eigenvalue weighted by molar-refractivity contribution is 6.32. The van der Waals surface area contributed by atoms with Crippen molar-refractivity contribution in [3.8, 4) is 11.5 Å². The Bertz CT molecular complexity index is 1190. The summed E-state index contributed by atoms with van der Waals surface area (Å²) in [5.41, 5.74) is 2.61. The zero-order chi connectivity index (χ0) is 19.1. The monoisotopic (exact) mass is 395 g/mol. The van der Waals surface area contributed by atoms with Crippen LogP contribution >= 0.6 is 11.6 Å². The van der Waals surface area contributed by atoms with E-state index in [1.807, 2.05) is 43.3 Å². The van der Waals surface area contributed by atoms with Crippen LogP contribution in [0.3, 0.4) is 0 Å². The van der Waals surface area contributed by atoms with Gasteiger partial charge in [0.25, 0.3) is 0 Å². The molecule has 2 aromatic heterocycles. The first kappa shape index (κ1) is 17.1. The van der Waals surface area contributed by atoms with Gasteiger partial charge in [-0.15, -0.1) is 5.10 Å². The molecule has 1 N–H and O–H groups in total. The van der Waals surface area contributed by atoms with Crippen molar-refractivity contribution in [2.45, 2.75) is 19.9 Å². The number of nitrogens with zero attached hydrogens (tertiary/aromatic N) is 4. The van der Waals surface area contributed by atoms with Crippen LogP contribution in [-0.2, 0) is 6.54 Å². The maximum Gasteiger partial charge on any atom is 0.226 e. The van der Waals surface area contributed by atoms with E-state index >= 15 is 0 Å². The summed E-state index contributed by atoms with van der Waals surface area (Å²) in [7, 11) is 0. The van der Waals surface area contributed by atoms with E-state index in [9.17, 15) is 0 Å². The molecule has 0 fully saturated rings. The zero-order valence-corrected chi connectivity index (χ0v) is 16.0. The number of aryl methyl sites for hydroxylation is 1. The van der Waals surface area contributed by atoms with Crippen molar-refractivity contribution in [2.75, 3.05) is 18.5 Å². The third kappa shape index (κ3) is 2.97. The molecule has 0 saturated carbocycles. The van der Waals surface area contributed by atoms with Crippen LogP contribution in [-0.4, -0.2) is 32.8 Å². The van der Waals surface area contributed by atoms with Gasteiger partial charge < -0.3 is 14.8 Å². The molecule has 0 aliphatic carbocycles. The fraction of sp³-hybridized carbons (Fsp3) is 0.250. The van der Waals surface area contributed by atoms with Gasteiger partial charge >= 0.3 is 0 Å². The quantitative estimate of drug-likeness (QED) is 0.565. The Balaban J connectivity index is 1.50. The fourth-order valence-corrected chi connectivity index (χ4v) is 3.63. The van der Waals surface area contributed by atoms with E-state index in [4.69, 9.17) is 26.1 Å². The number of hydrogen-bond donors (Lipinski definition) is 1. The van der Waals surface area contributed by atoms with Crippen molar-refractivity contribution < 1.29 is 9.47 Å². The first-order chi connectivity index (χ1) is 13.7. The molecule has 7 nitrogen and oxygen atoms in total. The third-order valence-electron chi connectivity index (χ3n) is 4.60. The largest absolute Gasteiger partial charge is 0.489 e. The predicted octanol–water partition coefficient (Wildman–Crippen LogP) is 4.01. The Kier molecular flexibility index (Phi) is 4.16. The number of halogens is 1. The predicted molar refractivity (Wildman–Crippen MR) is 107 cm³/mol. The lowest BCUT2D eigenvalue weighted by molar-refractivity contribution is 0.297. The minimum absolute atomic E-state index is 0.510. The number of anilines is 1. The summed E-state index contributed by atoms with van der Waals surface area (Å²) in [5, 5.41) is 9.35. The Morgan fingerprint density at radius 1 is 1.14 bits per heavy atom. The van der Waals surface area contributed by atoms with Crippen molar-refractivity contribution in [2.24, 2.45) is 0 Å². The minimum atomic E-state index is 0.510. The average Bonchev–Trinajstić information content (AvgIpc) is 2.93. The molecule has 3 heterocycles. The summed E-state index contributed by atoms with van der Waals surface area (Å²) >= 11 is 6.40. The average molecular weight is 396 g/mol. The second kappa shape index (κ2) is 6.83. The smallest absolute Gasteiger partial charge is 0.226 e. The van der Waals surface area contributed by atoms with Gasteiger partial charge in [0.15, 0.2) is 17.1 Å². The molecule has 5 rings (SSSR count). The normalized spacial score (nSPS) is 13.6. The van der Waals surface area contributed by atoms with E-state index in [2.05, 4.69) is 15.4 Å². The molecule has 1 aliphatic heterocycles. The number of benzene rings is 2. The van der Waals surface area contributed by atoms with Crippen LogP contribution in [0.1, 0.15) is 17.8 Å². The molecule has 2 aromatic carbocycles. The highest BCUT2D eigenvalue weighted by atomic mass is 35.5. The molecule has 8 heteroatoms. The first-order valence-electron chi connectivity index (χ1n) is 9.13. The molecular weight excluding hydrogens is 378 g/mol. The van der Waals surface area contributed by atoms with Crippen LogP contribution < -0.4 is 14.8 Å². The molecule has 0 spiro atoms. The van der Waals surface area contributed by atoms with Crippen LogP contribution in [0.5, 0.6) is 11.5 Å². The second-order valence-corrected chi connectivity index (χ2v) is 7.06. The number of nitrogens with one attached hydrogen (secondary N) is 1. The zero-order valence-electron chi connectivity index (χ0n) is 15.3. The first-order valence-corrected chi connectivity index (χ1v) is 9.51. The summed E-state index contributed by atoms with van der Waals surface area (Å²) in [4.78, 5) is 9.27. The number of hydrogen-bond acceptors (Lipinski definition) is 6. The molecule has 0 radical (unpaired) electrons. The van der Waals surface area contributed by atoms with Gasteiger partial charge in [-0.05, 0) is 36.8 Å². The van der Waals surface area contributed by atoms with Gasteiger partial charge in [0.2, 0.25) is 5.95 Å². The molecule has 0 unspecified atom stereocenters. The van der Waals surface area contributed by atoms with E-state index < -0.39 is 0 Å². The van der Waals surface area contributed by atoms with Gasteiger partial charge in [0.05, 0.1) is 23.8 Å². The Labute approximate surface area is 166 Å². The lowest BCUT2D eigenvalue weighted by Gasteiger charge is -2.13. The Morgan fingerprint density at radius 2 is 2.00 bits per heavy atom. The molecular formula is C20H18ClN5O2. The van der Waals surface area contributed by atoms with Crippen molar-refractivity contribution in [3.05, 3.63) is 52.8 Å². The van der Waals surface area contributed by atoms with Gasteiger partial charge in [0, 0.05) is 18.4 Å². The number of aromatic nitrogens is 4. The summed E-state index contributed by atoms with van der Waals surface area (Å²) in [6.45, 7) is 3.60. The van der Waals surface area contributed by atoms with Crippen molar-refractivity contribution in [3.63, 3.8) is 0 Å². The maximum atomic E-state index is 6.40. The third-order valence-corrected chi connectivity index (χ3v) is 4.88. The summed E-state index contributed by atoms with van der Waals surface area (Å²) in [6.07, 6.45) is 0.837. The van der Waals surface area contributed by atoms with Gasteiger partial charge in [-0.2, -0.15) is 4.52 Å². The van der Waals surface area contributed by atoms with E-state index in [-0.39, 0.29) is 0 Å². The van der Waals surface area contributed by atoms with Crippen LogP contribution in [0, 0.1) is 6.92 Å². The number of rotatable bonds is 3. The van der Waals surface area contributed by atoms with Gasteiger partial charge in [-0.1, -0.05) is 23.7 Å². The van der Waals surface area contributed by atoms with Crippen LogP contribution in [0.2, 0.25) is 5.02 Å². The summed E-state index contributed by atoms with van der Waals surface area (Å²) in [5.74, 6) is 2.61. The topological polar surface area (TPSA) is 73.6 Å². The Hall–Kier alpha value is -3.06. The Morgan fingerprint density at radius 3 is 2.93 bits per heavy atom. The van der Waals surface area contributed by atoms with Crippen LogP contribution in [0.4, 0.5) is 5.95 Å². The van der Waals surface area contributed by atoms with Crippen molar-refractivity contribution >= 4 is 34.1 Å². The molecule has 0 amide bonds. The van der Waals surface area contributed by atoms with Crippen molar-refractivity contribution in [1.29, 1.82) is 0 Å². The number of ether oxygens (including phenoxy) is 2. The van der Waals surface area contributed by atoms with Crippen molar-refractivity contribution in [1.82, 2.24) is 19.6 Å². The number of fused-ring (bicyclic) bond motifs is 4.